The lowest BCUT2D eigenvalue weighted by atomic mass is 9.88. The van der Waals surface area contributed by atoms with E-state index < -0.39 is 5.54 Å². The van der Waals surface area contributed by atoms with Crippen LogP contribution < -0.4 is 5.73 Å². The number of anilines is 1. The summed E-state index contributed by atoms with van der Waals surface area (Å²) in [6.07, 6.45) is 5.24. The Bertz CT molecular complexity index is 456. The van der Waals surface area contributed by atoms with E-state index >= 15 is 0 Å². The number of nitrogens with zero attached hydrogens (tertiary/aromatic N) is 2. The fraction of sp³-hybridized carbons (Fsp3) is 0.600. The minimum absolute atomic E-state index is 0.0810. The van der Waals surface area contributed by atoms with E-state index in [0.29, 0.717) is 11.4 Å². The fourth-order valence-electron chi connectivity index (χ4n) is 2.78. The highest BCUT2D eigenvalue weighted by atomic mass is 16.1. The number of carbonyl (C=O) groups is 1. The summed E-state index contributed by atoms with van der Waals surface area (Å²) >= 11 is 0. The van der Waals surface area contributed by atoms with E-state index in [9.17, 15) is 4.79 Å². The first-order chi connectivity index (χ1) is 8.94. The summed E-state index contributed by atoms with van der Waals surface area (Å²) in [5, 5.41) is 0. The average Bonchev–Trinajstić information content (AvgIpc) is 2.39. The van der Waals surface area contributed by atoms with Gasteiger partial charge in [0, 0.05) is 6.20 Å². The predicted octanol–water partition coefficient (Wildman–Crippen LogP) is 2.42. The highest BCUT2D eigenvalue weighted by Crippen LogP contribution is 2.27. The highest BCUT2D eigenvalue weighted by molar-refractivity contribution is 6.07. The second-order valence-corrected chi connectivity index (χ2v) is 5.82. The van der Waals surface area contributed by atoms with Crippen molar-refractivity contribution in [3.8, 4) is 0 Å². The van der Waals surface area contributed by atoms with Crippen LogP contribution in [0, 0.1) is 6.92 Å². The Morgan fingerprint density at radius 2 is 1.95 bits per heavy atom. The van der Waals surface area contributed by atoms with Crippen LogP contribution in [0.5, 0.6) is 0 Å². The third-order valence-corrected chi connectivity index (χ3v) is 4.12. The number of hydrogen-bond acceptors (Lipinski definition) is 4. The number of nitrogen functional groups attached to an aromatic ring is 1. The first-order valence-corrected chi connectivity index (χ1v) is 6.95. The molecule has 1 aromatic heterocycles. The van der Waals surface area contributed by atoms with Gasteiger partial charge in [-0.1, -0.05) is 6.42 Å². The number of hydrogen-bond donors (Lipinski definition) is 1. The second-order valence-electron chi connectivity index (χ2n) is 5.82. The summed E-state index contributed by atoms with van der Waals surface area (Å²) in [7, 11) is 0. The molecule has 2 rings (SSSR count). The Morgan fingerprint density at radius 3 is 2.53 bits per heavy atom. The molecule has 0 amide bonds. The number of piperidine rings is 1. The number of Topliss-reactive ketones (excluding diaryl/α,β-unsaturated/α-hetero) is 1. The van der Waals surface area contributed by atoms with Crippen LogP contribution in [0.15, 0.2) is 12.3 Å². The van der Waals surface area contributed by atoms with Crippen molar-refractivity contribution in [2.45, 2.75) is 45.6 Å². The summed E-state index contributed by atoms with van der Waals surface area (Å²) in [4.78, 5) is 19.2. The first-order valence-electron chi connectivity index (χ1n) is 6.95. The molecular formula is C15H23N3O. The fourth-order valence-corrected chi connectivity index (χ4v) is 2.78. The maximum Gasteiger partial charge on any atom is 0.186 e. The van der Waals surface area contributed by atoms with Gasteiger partial charge in [0.2, 0.25) is 0 Å². The van der Waals surface area contributed by atoms with Gasteiger partial charge in [-0.05, 0) is 58.3 Å². The molecule has 0 radical (unpaired) electrons. The summed E-state index contributed by atoms with van der Waals surface area (Å²) in [6, 6.07) is 1.84. The van der Waals surface area contributed by atoms with E-state index in [1.807, 2.05) is 26.8 Å². The van der Waals surface area contributed by atoms with Gasteiger partial charge in [-0.25, -0.2) is 4.98 Å². The van der Waals surface area contributed by atoms with Gasteiger partial charge in [0.25, 0.3) is 0 Å². The average molecular weight is 261 g/mol. The van der Waals surface area contributed by atoms with Crippen molar-refractivity contribution in [2.75, 3.05) is 18.8 Å². The Labute approximate surface area is 115 Å². The van der Waals surface area contributed by atoms with Crippen LogP contribution in [-0.4, -0.2) is 34.3 Å². The van der Waals surface area contributed by atoms with Crippen LogP contribution >= 0.6 is 0 Å². The van der Waals surface area contributed by atoms with E-state index in [1.165, 1.54) is 6.42 Å². The number of likely N-dealkylation sites (tertiary alicyclic amines) is 1. The van der Waals surface area contributed by atoms with E-state index in [2.05, 4.69) is 9.88 Å². The molecule has 1 saturated heterocycles. The molecule has 2 heterocycles. The van der Waals surface area contributed by atoms with Crippen molar-refractivity contribution in [3.63, 3.8) is 0 Å². The van der Waals surface area contributed by atoms with Gasteiger partial charge in [-0.3, -0.25) is 9.69 Å². The molecule has 0 bridgehead atoms. The van der Waals surface area contributed by atoms with Gasteiger partial charge in [0.1, 0.15) is 5.82 Å². The maximum atomic E-state index is 12.8. The zero-order valence-electron chi connectivity index (χ0n) is 12.1. The summed E-state index contributed by atoms with van der Waals surface area (Å²) in [5.74, 6) is 0.424. The molecule has 4 nitrogen and oxygen atoms in total. The minimum Gasteiger partial charge on any atom is -0.383 e. The van der Waals surface area contributed by atoms with E-state index in [-0.39, 0.29) is 5.78 Å². The van der Waals surface area contributed by atoms with Crippen molar-refractivity contribution in [1.82, 2.24) is 9.88 Å². The number of carbonyl (C=O) groups excluding carboxylic acids is 1. The lowest BCUT2D eigenvalue weighted by Crippen LogP contribution is -2.52. The van der Waals surface area contributed by atoms with Gasteiger partial charge in [0.15, 0.2) is 5.78 Å². The van der Waals surface area contributed by atoms with Crippen LogP contribution in [0.4, 0.5) is 5.82 Å². The van der Waals surface area contributed by atoms with Crippen molar-refractivity contribution in [2.24, 2.45) is 0 Å². The minimum atomic E-state index is -0.512. The monoisotopic (exact) mass is 261 g/mol. The molecule has 2 N–H and O–H groups in total. The third-order valence-electron chi connectivity index (χ3n) is 4.12. The summed E-state index contributed by atoms with van der Waals surface area (Å²) in [5.41, 5.74) is 6.87. The normalized spacial score (nSPS) is 17.4. The Morgan fingerprint density at radius 1 is 1.32 bits per heavy atom. The Balaban J connectivity index is 2.31. The van der Waals surface area contributed by atoms with Crippen molar-refractivity contribution in [3.05, 3.63) is 23.4 Å². The SMILES string of the molecule is Cc1ccnc(N)c1C(=O)C(C)(C)N1CCCCC1. The number of rotatable bonds is 3. The molecule has 1 fully saturated rings. The molecule has 19 heavy (non-hydrogen) atoms. The molecule has 1 aromatic rings. The molecule has 1 aliphatic heterocycles. The smallest absolute Gasteiger partial charge is 0.186 e. The second kappa shape index (κ2) is 5.29. The molecule has 0 saturated carbocycles. The van der Waals surface area contributed by atoms with E-state index in [4.69, 9.17) is 5.73 Å². The highest BCUT2D eigenvalue weighted by Gasteiger charge is 2.37. The zero-order chi connectivity index (χ0) is 14.0. The molecule has 0 spiro atoms. The Hall–Kier alpha value is -1.42. The molecule has 0 aromatic carbocycles. The lowest BCUT2D eigenvalue weighted by molar-refractivity contribution is 0.0579. The van der Waals surface area contributed by atoms with Crippen molar-refractivity contribution < 1.29 is 4.79 Å². The standard InChI is InChI=1S/C15H23N3O/c1-11-7-8-17-14(16)12(11)13(19)15(2,3)18-9-5-4-6-10-18/h7-8H,4-6,9-10H2,1-3H3,(H2,16,17). The zero-order valence-corrected chi connectivity index (χ0v) is 12.1. The van der Waals surface area contributed by atoms with E-state index in [1.54, 1.807) is 6.20 Å². The number of pyridine rings is 1. The molecule has 0 unspecified atom stereocenters. The number of aromatic nitrogens is 1. The van der Waals surface area contributed by atoms with Crippen LogP contribution in [0.25, 0.3) is 0 Å². The van der Waals surface area contributed by atoms with Crippen LogP contribution in [-0.2, 0) is 0 Å². The van der Waals surface area contributed by atoms with Crippen molar-refractivity contribution >= 4 is 11.6 Å². The molecule has 0 aliphatic carbocycles. The van der Waals surface area contributed by atoms with Gasteiger partial charge in [-0.2, -0.15) is 0 Å². The molecular weight excluding hydrogens is 238 g/mol. The van der Waals surface area contributed by atoms with Gasteiger partial charge < -0.3 is 5.73 Å². The summed E-state index contributed by atoms with van der Waals surface area (Å²) < 4.78 is 0. The predicted molar refractivity (Wildman–Crippen MR) is 77.2 cm³/mol. The number of nitrogens with two attached hydrogens (primary N) is 1. The van der Waals surface area contributed by atoms with Gasteiger partial charge in [-0.15, -0.1) is 0 Å². The topological polar surface area (TPSA) is 59.2 Å². The molecule has 1 aliphatic rings. The Kier molecular flexibility index (Phi) is 3.90. The van der Waals surface area contributed by atoms with Gasteiger partial charge >= 0.3 is 0 Å². The quantitative estimate of drug-likeness (QED) is 0.849. The van der Waals surface area contributed by atoms with Gasteiger partial charge in [0.05, 0.1) is 11.1 Å². The largest absolute Gasteiger partial charge is 0.383 e. The van der Waals surface area contributed by atoms with E-state index in [0.717, 1.165) is 31.5 Å². The third kappa shape index (κ3) is 2.63. The van der Waals surface area contributed by atoms with Crippen molar-refractivity contribution in [1.29, 1.82) is 0 Å². The van der Waals surface area contributed by atoms with Crippen LogP contribution in [0.1, 0.15) is 49.0 Å². The first kappa shape index (κ1) is 14.0. The number of aryl methyl sites for hydroxylation is 1. The molecule has 104 valence electrons. The number of ketones is 1. The lowest BCUT2D eigenvalue weighted by Gasteiger charge is -2.40. The molecule has 0 atom stereocenters. The van der Waals surface area contributed by atoms with Crippen LogP contribution in [0.3, 0.4) is 0 Å². The summed E-state index contributed by atoms with van der Waals surface area (Å²) in [6.45, 7) is 7.87. The maximum absolute atomic E-state index is 12.8. The molecule has 4 heteroatoms. The van der Waals surface area contributed by atoms with Crippen LogP contribution in [0.2, 0.25) is 0 Å².